The Kier molecular flexibility index (Phi) is 4.97. The number of amides is 1. The third-order valence-corrected chi connectivity index (χ3v) is 2.99. The highest BCUT2D eigenvalue weighted by atomic mass is 16.6. The quantitative estimate of drug-likeness (QED) is 0.765. The molecule has 0 saturated carbocycles. The minimum atomic E-state index is -1.04. The monoisotopic (exact) mass is 287 g/mol. The van der Waals surface area contributed by atoms with Gasteiger partial charge in [-0.1, -0.05) is 0 Å². The first kappa shape index (κ1) is 16.3. The number of carbonyl (C=O) groups excluding carboxylic acids is 2. The fourth-order valence-corrected chi connectivity index (χ4v) is 2.09. The lowest BCUT2D eigenvalue weighted by molar-refractivity contribution is -0.151. The Morgan fingerprint density at radius 3 is 2.15 bits per heavy atom. The molecule has 0 aliphatic carbocycles. The molecule has 0 aromatic carbocycles. The molecule has 7 heteroatoms. The van der Waals surface area contributed by atoms with Gasteiger partial charge in [0.05, 0.1) is 18.9 Å². The molecule has 7 nitrogen and oxygen atoms in total. The number of rotatable bonds is 2. The second-order valence-electron chi connectivity index (χ2n) is 5.88. The molecular formula is C13H21NO6. The minimum absolute atomic E-state index is 0.0394. The topological polar surface area (TPSA) is 93.1 Å². The van der Waals surface area contributed by atoms with E-state index in [1.54, 1.807) is 20.8 Å². The minimum Gasteiger partial charge on any atom is -0.481 e. The van der Waals surface area contributed by atoms with Gasteiger partial charge in [0.2, 0.25) is 0 Å². The highest BCUT2D eigenvalue weighted by Gasteiger charge is 2.38. The van der Waals surface area contributed by atoms with Crippen molar-refractivity contribution in [2.24, 2.45) is 11.8 Å². The van der Waals surface area contributed by atoms with E-state index < -0.39 is 35.5 Å². The van der Waals surface area contributed by atoms with Crippen molar-refractivity contribution in [1.82, 2.24) is 4.90 Å². The number of aliphatic carboxylic acids is 1. The molecule has 2 atom stereocenters. The van der Waals surface area contributed by atoms with Crippen LogP contribution < -0.4 is 0 Å². The van der Waals surface area contributed by atoms with E-state index in [2.05, 4.69) is 4.74 Å². The standard InChI is InChI=1S/C13H21NO6/c1-13(2,3)20-12(18)14-6-8(10(15)16)5-9(7-14)11(17)19-4/h8-9H,5-7H2,1-4H3,(H,15,16)/t8-,9-/m0/s1. The molecule has 1 aliphatic heterocycles. The third kappa shape index (κ3) is 4.40. The Bertz CT molecular complexity index is 400. The molecule has 1 rings (SSSR count). The van der Waals surface area contributed by atoms with Gasteiger partial charge in [0.15, 0.2) is 0 Å². The first-order valence-corrected chi connectivity index (χ1v) is 6.42. The maximum atomic E-state index is 12.0. The van der Waals surface area contributed by atoms with Gasteiger partial charge in [-0.3, -0.25) is 9.59 Å². The molecule has 0 aromatic heterocycles. The van der Waals surface area contributed by atoms with E-state index in [1.807, 2.05) is 0 Å². The van der Waals surface area contributed by atoms with Crippen molar-refractivity contribution >= 4 is 18.0 Å². The normalized spacial score (nSPS) is 23.1. The van der Waals surface area contributed by atoms with Crippen molar-refractivity contribution < 1.29 is 29.0 Å². The number of hydrogen-bond donors (Lipinski definition) is 1. The van der Waals surface area contributed by atoms with Crippen LogP contribution in [0.1, 0.15) is 27.2 Å². The highest BCUT2D eigenvalue weighted by Crippen LogP contribution is 2.24. The number of nitrogens with zero attached hydrogens (tertiary/aromatic N) is 1. The van der Waals surface area contributed by atoms with Crippen LogP contribution in [0.2, 0.25) is 0 Å². The van der Waals surface area contributed by atoms with E-state index in [4.69, 9.17) is 9.84 Å². The van der Waals surface area contributed by atoms with Crippen LogP contribution in [0, 0.1) is 11.8 Å². The molecule has 0 radical (unpaired) electrons. The number of piperidine rings is 1. The number of likely N-dealkylation sites (tertiary alicyclic amines) is 1. The Morgan fingerprint density at radius 1 is 1.15 bits per heavy atom. The molecule has 0 unspecified atom stereocenters. The number of esters is 1. The van der Waals surface area contributed by atoms with Gasteiger partial charge in [-0.2, -0.15) is 0 Å². The first-order chi connectivity index (χ1) is 9.14. The van der Waals surface area contributed by atoms with Gasteiger partial charge < -0.3 is 19.5 Å². The zero-order chi connectivity index (χ0) is 15.5. The van der Waals surface area contributed by atoms with Crippen molar-refractivity contribution in [2.45, 2.75) is 32.8 Å². The van der Waals surface area contributed by atoms with E-state index in [0.29, 0.717) is 0 Å². The van der Waals surface area contributed by atoms with Gasteiger partial charge in [0.25, 0.3) is 0 Å². The SMILES string of the molecule is COC(=O)[C@H]1C[C@H](C(=O)O)CN(C(=O)OC(C)(C)C)C1. The largest absolute Gasteiger partial charge is 0.481 e. The zero-order valence-corrected chi connectivity index (χ0v) is 12.2. The summed E-state index contributed by atoms with van der Waals surface area (Å²) in [5, 5.41) is 9.11. The molecule has 114 valence electrons. The van der Waals surface area contributed by atoms with Crippen LogP contribution in [0.4, 0.5) is 4.79 Å². The smallest absolute Gasteiger partial charge is 0.410 e. The lowest BCUT2D eigenvalue weighted by Crippen LogP contribution is -2.49. The molecule has 0 bridgehead atoms. The zero-order valence-electron chi connectivity index (χ0n) is 12.2. The van der Waals surface area contributed by atoms with Crippen LogP contribution in [0.3, 0.4) is 0 Å². The van der Waals surface area contributed by atoms with Gasteiger partial charge in [-0.05, 0) is 27.2 Å². The van der Waals surface area contributed by atoms with Crippen molar-refractivity contribution in [3.63, 3.8) is 0 Å². The lowest BCUT2D eigenvalue weighted by Gasteiger charge is -2.35. The van der Waals surface area contributed by atoms with Crippen molar-refractivity contribution in [2.75, 3.05) is 20.2 Å². The number of carboxylic acids is 1. The Morgan fingerprint density at radius 2 is 1.70 bits per heavy atom. The second-order valence-corrected chi connectivity index (χ2v) is 5.88. The van der Waals surface area contributed by atoms with Crippen molar-refractivity contribution in [1.29, 1.82) is 0 Å². The van der Waals surface area contributed by atoms with Gasteiger partial charge in [-0.15, -0.1) is 0 Å². The molecule has 1 saturated heterocycles. The van der Waals surface area contributed by atoms with E-state index in [1.165, 1.54) is 12.0 Å². The van der Waals surface area contributed by atoms with Gasteiger partial charge in [0, 0.05) is 13.1 Å². The molecule has 0 aromatic rings. The van der Waals surface area contributed by atoms with Crippen LogP contribution in [0.5, 0.6) is 0 Å². The summed E-state index contributed by atoms with van der Waals surface area (Å²) in [7, 11) is 1.24. The first-order valence-electron chi connectivity index (χ1n) is 6.42. The number of ether oxygens (including phenoxy) is 2. The van der Waals surface area contributed by atoms with Gasteiger partial charge in [0.1, 0.15) is 5.60 Å². The maximum absolute atomic E-state index is 12.0. The Hall–Kier alpha value is -1.79. The summed E-state index contributed by atoms with van der Waals surface area (Å²) in [5.74, 6) is -2.97. The predicted molar refractivity (Wildman–Crippen MR) is 69.1 cm³/mol. The lowest BCUT2D eigenvalue weighted by atomic mass is 9.89. The average molecular weight is 287 g/mol. The molecule has 1 N–H and O–H groups in total. The molecular weight excluding hydrogens is 266 g/mol. The summed E-state index contributed by atoms with van der Waals surface area (Å²) >= 11 is 0. The van der Waals surface area contributed by atoms with E-state index in [0.717, 1.165) is 0 Å². The highest BCUT2D eigenvalue weighted by molar-refractivity contribution is 5.78. The Balaban J connectivity index is 2.82. The summed E-state index contributed by atoms with van der Waals surface area (Å²) in [6.45, 7) is 5.33. The number of carbonyl (C=O) groups is 3. The summed E-state index contributed by atoms with van der Waals surface area (Å²) < 4.78 is 9.85. The second kappa shape index (κ2) is 6.11. The molecule has 20 heavy (non-hydrogen) atoms. The molecule has 1 amide bonds. The predicted octanol–water partition coefficient (Wildman–Crippen LogP) is 1.12. The van der Waals surface area contributed by atoms with Crippen LogP contribution >= 0.6 is 0 Å². The Labute approximate surface area is 117 Å². The van der Waals surface area contributed by atoms with Crippen LogP contribution in [-0.2, 0) is 19.1 Å². The van der Waals surface area contributed by atoms with Crippen LogP contribution in [-0.4, -0.2) is 53.8 Å². The maximum Gasteiger partial charge on any atom is 0.410 e. The summed E-state index contributed by atoms with van der Waals surface area (Å²) in [6, 6.07) is 0. The summed E-state index contributed by atoms with van der Waals surface area (Å²) in [4.78, 5) is 36.0. The fourth-order valence-electron chi connectivity index (χ4n) is 2.09. The van der Waals surface area contributed by atoms with Gasteiger partial charge >= 0.3 is 18.0 Å². The van der Waals surface area contributed by atoms with Crippen LogP contribution in [0.15, 0.2) is 0 Å². The van der Waals surface area contributed by atoms with E-state index in [9.17, 15) is 14.4 Å². The molecule has 1 fully saturated rings. The molecule has 1 heterocycles. The number of hydrogen-bond acceptors (Lipinski definition) is 5. The molecule has 1 aliphatic rings. The van der Waals surface area contributed by atoms with Crippen molar-refractivity contribution in [3.05, 3.63) is 0 Å². The van der Waals surface area contributed by atoms with E-state index >= 15 is 0 Å². The average Bonchev–Trinajstić information content (AvgIpc) is 2.35. The third-order valence-electron chi connectivity index (χ3n) is 2.99. The summed E-state index contributed by atoms with van der Waals surface area (Å²) in [6.07, 6.45) is -0.446. The van der Waals surface area contributed by atoms with Crippen molar-refractivity contribution in [3.8, 4) is 0 Å². The summed E-state index contributed by atoms with van der Waals surface area (Å²) in [5.41, 5.74) is -0.673. The number of carboxylic acid groups (broad SMARTS) is 1. The molecule has 0 spiro atoms. The fraction of sp³-hybridized carbons (Fsp3) is 0.769. The van der Waals surface area contributed by atoms with Gasteiger partial charge in [-0.25, -0.2) is 4.79 Å². The van der Waals surface area contributed by atoms with Crippen LogP contribution in [0.25, 0.3) is 0 Å². The van der Waals surface area contributed by atoms with E-state index in [-0.39, 0.29) is 19.5 Å². The number of methoxy groups -OCH3 is 1.